The van der Waals surface area contributed by atoms with Crippen LogP contribution in [0.15, 0.2) is 18.2 Å². The molecule has 0 unspecified atom stereocenters. The van der Waals surface area contributed by atoms with Gasteiger partial charge >= 0.3 is 6.03 Å². The monoisotopic (exact) mass is 268 g/mol. The zero-order valence-electron chi connectivity index (χ0n) is 11.0. The van der Waals surface area contributed by atoms with Crippen molar-refractivity contribution in [2.75, 3.05) is 18.4 Å². The molecular weight excluding hydrogens is 250 g/mol. The van der Waals surface area contributed by atoms with Crippen molar-refractivity contribution < 1.29 is 13.6 Å². The van der Waals surface area contributed by atoms with Crippen molar-refractivity contribution in [3.8, 4) is 0 Å². The molecule has 104 valence electrons. The molecule has 0 aliphatic heterocycles. The molecule has 0 spiro atoms. The van der Waals surface area contributed by atoms with E-state index < -0.39 is 11.6 Å². The molecule has 1 aliphatic carbocycles. The van der Waals surface area contributed by atoms with Crippen LogP contribution >= 0.6 is 0 Å². The van der Waals surface area contributed by atoms with Crippen molar-refractivity contribution >= 4 is 11.7 Å². The van der Waals surface area contributed by atoms with E-state index in [-0.39, 0.29) is 11.7 Å². The fourth-order valence-electron chi connectivity index (χ4n) is 1.93. The van der Waals surface area contributed by atoms with E-state index in [0.717, 1.165) is 25.1 Å². The average molecular weight is 268 g/mol. The second-order valence-electron chi connectivity index (χ2n) is 4.95. The minimum atomic E-state index is -0.956. The fraction of sp³-hybridized carbons (Fsp3) is 0.500. The molecule has 0 saturated heterocycles. The Bertz CT molecular complexity index is 461. The molecule has 5 heteroatoms. The molecule has 0 atom stereocenters. The van der Waals surface area contributed by atoms with Crippen molar-refractivity contribution in [1.82, 2.24) is 4.90 Å². The number of benzene rings is 1. The first-order chi connectivity index (χ1) is 9.10. The van der Waals surface area contributed by atoms with Crippen molar-refractivity contribution in [3.05, 3.63) is 29.8 Å². The first-order valence-corrected chi connectivity index (χ1v) is 6.61. The minimum absolute atomic E-state index is 0.250. The Morgan fingerprint density at radius 1 is 1.37 bits per heavy atom. The number of amides is 2. The number of nitrogens with one attached hydrogen (secondary N) is 1. The van der Waals surface area contributed by atoms with Crippen LogP contribution < -0.4 is 5.32 Å². The van der Waals surface area contributed by atoms with Gasteiger partial charge in [0.1, 0.15) is 0 Å². The van der Waals surface area contributed by atoms with Crippen molar-refractivity contribution in [2.45, 2.75) is 26.2 Å². The topological polar surface area (TPSA) is 32.3 Å². The molecule has 1 aromatic rings. The molecule has 0 radical (unpaired) electrons. The Labute approximate surface area is 111 Å². The lowest BCUT2D eigenvalue weighted by Gasteiger charge is -2.22. The van der Waals surface area contributed by atoms with Crippen molar-refractivity contribution in [3.63, 3.8) is 0 Å². The summed E-state index contributed by atoms with van der Waals surface area (Å²) < 4.78 is 25.9. The number of halogens is 2. The van der Waals surface area contributed by atoms with E-state index in [1.54, 1.807) is 4.90 Å². The summed E-state index contributed by atoms with van der Waals surface area (Å²) in [6, 6.07) is 3.11. The van der Waals surface area contributed by atoms with Crippen LogP contribution in [0.2, 0.25) is 0 Å². The predicted molar refractivity (Wildman–Crippen MR) is 70.0 cm³/mol. The van der Waals surface area contributed by atoms with Gasteiger partial charge in [-0.05, 0) is 37.3 Å². The van der Waals surface area contributed by atoms with E-state index in [2.05, 4.69) is 5.32 Å². The van der Waals surface area contributed by atoms with Crippen LogP contribution in [0.3, 0.4) is 0 Å². The molecule has 1 aromatic carbocycles. The summed E-state index contributed by atoms with van der Waals surface area (Å²) in [5, 5.41) is 2.61. The molecule has 0 heterocycles. The van der Waals surface area contributed by atoms with Gasteiger partial charge < -0.3 is 10.2 Å². The molecule has 1 fully saturated rings. The minimum Gasteiger partial charge on any atom is -0.324 e. The van der Waals surface area contributed by atoms with Gasteiger partial charge in [0.25, 0.3) is 0 Å². The third-order valence-corrected chi connectivity index (χ3v) is 3.13. The van der Waals surface area contributed by atoms with Gasteiger partial charge in [-0.1, -0.05) is 6.92 Å². The van der Waals surface area contributed by atoms with Crippen molar-refractivity contribution in [2.24, 2.45) is 5.92 Å². The molecule has 2 rings (SSSR count). The van der Waals surface area contributed by atoms with Gasteiger partial charge in [0.2, 0.25) is 0 Å². The van der Waals surface area contributed by atoms with Gasteiger partial charge in [-0.2, -0.15) is 0 Å². The molecule has 2 amide bonds. The smallest absolute Gasteiger partial charge is 0.321 e. The number of anilines is 1. The average Bonchev–Trinajstić information content (AvgIpc) is 3.17. The van der Waals surface area contributed by atoms with Crippen LogP contribution in [-0.4, -0.2) is 24.0 Å². The number of hydrogen-bond acceptors (Lipinski definition) is 1. The Hall–Kier alpha value is -1.65. The number of carbonyl (C=O) groups is 1. The van der Waals surface area contributed by atoms with E-state index in [4.69, 9.17) is 0 Å². The second-order valence-corrected chi connectivity index (χ2v) is 4.95. The number of nitrogens with zero attached hydrogens (tertiary/aromatic N) is 1. The number of rotatable bonds is 5. The van der Waals surface area contributed by atoms with Gasteiger partial charge in [-0.25, -0.2) is 13.6 Å². The highest BCUT2D eigenvalue weighted by Gasteiger charge is 2.26. The molecule has 0 bridgehead atoms. The van der Waals surface area contributed by atoms with Crippen LogP contribution in [0.1, 0.15) is 26.2 Å². The predicted octanol–water partition coefficient (Wildman–Crippen LogP) is 3.62. The lowest BCUT2D eigenvalue weighted by Crippen LogP contribution is -2.37. The van der Waals surface area contributed by atoms with E-state index in [1.165, 1.54) is 18.9 Å². The Balaban J connectivity index is 1.98. The number of hydrogen-bond donors (Lipinski definition) is 1. The molecular formula is C14H18F2N2O. The zero-order chi connectivity index (χ0) is 13.8. The summed E-state index contributed by atoms with van der Waals surface area (Å²) in [5.74, 6) is -1.27. The number of urea groups is 1. The maximum absolute atomic E-state index is 13.1. The summed E-state index contributed by atoms with van der Waals surface area (Å²) in [7, 11) is 0. The summed E-state index contributed by atoms with van der Waals surface area (Å²) in [5.41, 5.74) is 0.279. The fourth-order valence-corrected chi connectivity index (χ4v) is 1.93. The van der Waals surface area contributed by atoms with E-state index in [9.17, 15) is 13.6 Å². The standard InChI is InChI=1S/C14H18F2N2O/c1-2-7-18(9-10-3-4-10)14(19)17-11-5-6-12(15)13(16)8-11/h5-6,8,10H,2-4,7,9H2,1H3,(H,17,19). The van der Waals surface area contributed by atoms with Gasteiger partial charge in [0.05, 0.1) is 0 Å². The van der Waals surface area contributed by atoms with Crippen LogP contribution in [0.5, 0.6) is 0 Å². The first kappa shape index (κ1) is 13.8. The van der Waals surface area contributed by atoms with Crippen molar-refractivity contribution in [1.29, 1.82) is 0 Å². The SMILES string of the molecule is CCCN(CC1CC1)C(=O)Nc1ccc(F)c(F)c1. The van der Waals surface area contributed by atoms with E-state index >= 15 is 0 Å². The highest BCUT2D eigenvalue weighted by molar-refractivity contribution is 5.89. The summed E-state index contributed by atoms with van der Waals surface area (Å²) >= 11 is 0. The normalized spacial score (nSPS) is 14.3. The summed E-state index contributed by atoms with van der Waals surface area (Å²) in [6.45, 7) is 3.42. The maximum atomic E-state index is 13.1. The van der Waals surface area contributed by atoms with Gasteiger partial charge in [-0.3, -0.25) is 0 Å². The zero-order valence-corrected chi connectivity index (χ0v) is 11.0. The molecule has 19 heavy (non-hydrogen) atoms. The third kappa shape index (κ3) is 3.91. The van der Waals surface area contributed by atoms with Gasteiger partial charge in [-0.15, -0.1) is 0 Å². The third-order valence-electron chi connectivity index (χ3n) is 3.13. The van der Waals surface area contributed by atoms with Crippen LogP contribution in [0, 0.1) is 17.6 Å². The molecule has 1 aliphatic rings. The highest BCUT2D eigenvalue weighted by atomic mass is 19.2. The van der Waals surface area contributed by atoms with Crippen LogP contribution in [0.25, 0.3) is 0 Å². The second kappa shape index (κ2) is 5.99. The Morgan fingerprint density at radius 3 is 2.68 bits per heavy atom. The van der Waals surface area contributed by atoms with Gasteiger partial charge in [0, 0.05) is 24.8 Å². The molecule has 0 aromatic heterocycles. The highest BCUT2D eigenvalue weighted by Crippen LogP contribution is 2.30. The first-order valence-electron chi connectivity index (χ1n) is 6.61. The van der Waals surface area contributed by atoms with Gasteiger partial charge in [0.15, 0.2) is 11.6 Å². The largest absolute Gasteiger partial charge is 0.324 e. The van der Waals surface area contributed by atoms with E-state index in [0.29, 0.717) is 12.5 Å². The molecule has 3 nitrogen and oxygen atoms in total. The number of carbonyl (C=O) groups excluding carboxylic acids is 1. The summed E-state index contributed by atoms with van der Waals surface area (Å²) in [6.07, 6.45) is 3.20. The lowest BCUT2D eigenvalue weighted by atomic mass is 10.3. The Morgan fingerprint density at radius 2 is 2.11 bits per heavy atom. The molecule has 1 saturated carbocycles. The molecule has 1 N–H and O–H groups in total. The summed E-state index contributed by atoms with van der Waals surface area (Å²) in [4.78, 5) is 13.8. The van der Waals surface area contributed by atoms with Crippen LogP contribution in [0.4, 0.5) is 19.3 Å². The van der Waals surface area contributed by atoms with E-state index in [1.807, 2.05) is 6.92 Å². The Kier molecular flexibility index (Phi) is 4.35. The quantitative estimate of drug-likeness (QED) is 0.869. The van der Waals surface area contributed by atoms with Crippen LogP contribution in [-0.2, 0) is 0 Å². The maximum Gasteiger partial charge on any atom is 0.321 e. The lowest BCUT2D eigenvalue weighted by molar-refractivity contribution is 0.209.